The summed E-state index contributed by atoms with van der Waals surface area (Å²) in [5.74, 6) is 1.19. The van der Waals surface area contributed by atoms with Gasteiger partial charge in [-0.1, -0.05) is 0 Å². The van der Waals surface area contributed by atoms with Crippen molar-refractivity contribution in [2.75, 3.05) is 18.0 Å². The lowest BCUT2D eigenvalue weighted by molar-refractivity contribution is -0.126. The summed E-state index contributed by atoms with van der Waals surface area (Å²) in [6.07, 6.45) is 6.97. The number of carbonyl (C=O) groups is 1. The lowest BCUT2D eigenvalue weighted by Crippen LogP contribution is -2.42. The topological polar surface area (TPSA) is 86.8 Å². The van der Waals surface area contributed by atoms with Crippen molar-refractivity contribution in [2.24, 2.45) is 5.92 Å². The summed E-state index contributed by atoms with van der Waals surface area (Å²) in [5, 5.41) is 5.08. The highest BCUT2D eigenvalue weighted by Crippen LogP contribution is 2.31. The van der Waals surface area contributed by atoms with E-state index >= 15 is 0 Å². The number of nitrogens with one attached hydrogen (secondary N) is 2. The summed E-state index contributed by atoms with van der Waals surface area (Å²) in [7, 11) is 0. The molecule has 1 aliphatic rings. The highest BCUT2D eigenvalue weighted by atomic mass is 16.1. The van der Waals surface area contributed by atoms with Crippen LogP contribution in [0.25, 0.3) is 21.9 Å². The second kappa shape index (κ2) is 6.31. The highest BCUT2D eigenvalue weighted by molar-refractivity contribution is 6.08. The molecule has 4 heterocycles. The van der Waals surface area contributed by atoms with E-state index in [2.05, 4.69) is 30.2 Å². The number of hydrogen-bond donors (Lipinski definition) is 2. The third-order valence-electron chi connectivity index (χ3n) is 4.76. The number of anilines is 1. The molecule has 0 spiro atoms. The number of H-pyrrole nitrogens is 1. The summed E-state index contributed by atoms with van der Waals surface area (Å²) in [6.45, 7) is 5.63. The molecule has 1 fully saturated rings. The second-order valence-corrected chi connectivity index (χ2v) is 6.88. The number of carbonyl (C=O) groups excluding carboxylic acids is 1. The Hall–Kier alpha value is -2.70. The molecule has 7 nitrogen and oxygen atoms in total. The standard InChI is InChI=1S/C18H22N6O/c1-11(2)23-18(25)12-4-7-24(8-5-12)17-15-13-3-6-19-16(13)20-9-14(15)21-10-22-17/h3,6,9-12H,4-5,7-8H2,1-2H3,(H,21,22)(H,23,25). The molecule has 25 heavy (non-hydrogen) atoms. The number of piperidine rings is 1. The van der Waals surface area contributed by atoms with Crippen LogP contribution in [0.4, 0.5) is 5.82 Å². The number of hydrogen-bond acceptors (Lipinski definition) is 5. The van der Waals surface area contributed by atoms with Gasteiger partial charge in [0.1, 0.15) is 5.82 Å². The predicted octanol–water partition coefficient (Wildman–Crippen LogP) is 2.25. The van der Waals surface area contributed by atoms with E-state index in [-0.39, 0.29) is 17.9 Å². The van der Waals surface area contributed by atoms with Gasteiger partial charge in [0.25, 0.3) is 0 Å². The van der Waals surface area contributed by atoms with Crippen molar-refractivity contribution >= 4 is 33.7 Å². The second-order valence-electron chi connectivity index (χ2n) is 6.88. The average Bonchev–Trinajstić information content (AvgIpc) is 3.09. The van der Waals surface area contributed by atoms with E-state index in [9.17, 15) is 4.79 Å². The van der Waals surface area contributed by atoms with Crippen molar-refractivity contribution in [3.05, 3.63) is 24.8 Å². The lowest BCUT2D eigenvalue weighted by atomic mass is 9.95. The largest absolute Gasteiger partial charge is 0.356 e. The van der Waals surface area contributed by atoms with Gasteiger partial charge in [-0.2, -0.15) is 0 Å². The van der Waals surface area contributed by atoms with Crippen molar-refractivity contribution < 1.29 is 4.79 Å². The normalized spacial score (nSPS) is 16.0. The van der Waals surface area contributed by atoms with Crippen molar-refractivity contribution in [2.45, 2.75) is 32.7 Å². The third kappa shape index (κ3) is 2.90. The average molecular weight is 338 g/mol. The van der Waals surface area contributed by atoms with Crippen molar-refractivity contribution in [1.29, 1.82) is 0 Å². The molecular weight excluding hydrogens is 316 g/mol. The van der Waals surface area contributed by atoms with Gasteiger partial charge < -0.3 is 15.2 Å². The van der Waals surface area contributed by atoms with Crippen LogP contribution in [-0.4, -0.2) is 45.0 Å². The minimum absolute atomic E-state index is 0.0856. The summed E-state index contributed by atoms with van der Waals surface area (Å²) in [4.78, 5) is 30.9. The number of pyridine rings is 1. The van der Waals surface area contributed by atoms with Crippen LogP contribution in [0.15, 0.2) is 24.8 Å². The number of aromatic nitrogens is 4. The Kier molecular flexibility index (Phi) is 3.99. The molecule has 4 rings (SSSR count). The first kappa shape index (κ1) is 15.8. The summed E-state index contributed by atoms with van der Waals surface area (Å²) < 4.78 is 0. The highest BCUT2D eigenvalue weighted by Gasteiger charge is 2.27. The van der Waals surface area contributed by atoms with Gasteiger partial charge in [0.05, 0.1) is 23.4 Å². The lowest BCUT2D eigenvalue weighted by Gasteiger charge is -2.33. The van der Waals surface area contributed by atoms with Gasteiger partial charge in [0.2, 0.25) is 5.91 Å². The van der Waals surface area contributed by atoms with Gasteiger partial charge in [-0.25, -0.2) is 15.0 Å². The van der Waals surface area contributed by atoms with Gasteiger partial charge in [0, 0.05) is 36.6 Å². The first-order valence-corrected chi connectivity index (χ1v) is 8.75. The molecule has 0 unspecified atom stereocenters. The van der Waals surface area contributed by atoms with Crippen LogP contribution in [0.5, 0.6) is 0 Å². The van der Waals surface area contributed by atoms with E-state index in [1.54, 1.807) is 18.7 Å². The predicted molar refractivity (Wildman–Crippen MR) is 97.4 cm³/mol. The fraction of sp³-hybridized carbons (Fsp3) is 0.444. The SMILES string of the molecule is CC(C)NC(=O)C1CCN(c2nc[nH]c3cnc4nccc4c23)CC1. The molecule has 1 aliphatic heterocycles. The zero-order valence-corrected chi connectivity index (χ0v) is 14.5. The van der Waals surface area contributed by atoms with E-state index in [4.69, 9.17) is 0 Å². The van der Waals surface area contributed by atoms with Gasteiger partial charge in [-0.05, 0) is 32.8 Å². The number of aromatic amines is 1. The molecule has 0 saturated carbocycles. The van der Waals surface area contributed by atoms with Crippen LogP contribution in [-0.2, 0) is 4.79 Å². The molecule has 2 N–H and O–H groups in total. The number of amides is 1. The summed E-state index contributed by atoms with van der Waals surface area (Å²) in [5.41, 5.74) is 1.69. The smallest absolute Gasteiger partial charge is 0.223 e. The van der Waals surface area contributed by atoms with Gasteiger partial charge in [-0.15, -0.1) is 0 Å². The maximum Gasteiger partial charge on any atom is 0.223 e. The van der Waals surface area contributed by atoms with Crippen molar-refractivity contribution in [1.82, 2.24) is 25.3 Å². The number of rotatable bonds is 3. The Morgan fingerprint density at radius 1 is 1.28 bits per heavy atom. The molecule has 7 heteroatoms. The third-order valence-corrected chi connectivity index (χ3v) is 4.76. The molecule has 0 atom stereocenters. The van der Waals surface area contributed by atoms with E-state index in [1.165, 1.54) is 0 Å². The van der Waals surface area contributed by atoms with Crippen LogP contribution in [0, 0.1) is 5.92 Å². The fourth-order valence-electron chi connectivity index (χ4n) is 3.53. The maximum atomic E-state index is 12.2. The summed E-state index contributed by atoms with van der Waals surface area (Å²) >= 11 is 0. The number of nitrogens with zero attached hydrogens (tertiary/aromatic N) is 4. The maximum absolute atomic E-state index is 12.2. The Balaban J connectivity index is 1.61. The molecule has 3 aromatic rings. The van der Waals surface area contributed by atoms with E-state index < -0.39 is 0 Å². The molecule has 0 aromatic carbocycles. The van der Waals surface area contributed by atoms with Crippen LogP contribution < -0.4 is 10.2 Å². The van der Waals surface area contributed by atoms with Crippen LogP contribution in [0.1, 0.15) is 26.7 Å². The zero-order chi connectivity index (χ0) is 17.4. The molecule has 0 aliphatic carbocycles. The van der Waals surface area contributed by atoms with E-state index in [0.29, 0.717) is 0 Å². The fourth-order valence-corrected chi connectivity index (χ4v) is 3.53. The first-order valence-electron chi connectivity index (χ1n) is 8.75. The van der Waals surface area contributed by atoms with Crippen LogP contribution in [0.2, 0.25) is 0 Å². The first-order chi connectivity index (χ1) is 12.1. The Bertz CT molecular complexity index is 910. The summed E-state index contributed by atoms with van der Waals surface area (Å²) in [6, 6.07) is 2.17. The number of fused-ring (bicyclic) bond motifs is 3. The minimum Gasteiger partial charge on any atom is -0.356 e. The van der Waals surface area contributed by atoms with Crippen LogP contribution >= 0.6 is 0 Å². The molecule has 3 aromatic heterocycles. The van der Waals surface area contributed by atoms with Crippen LogP contribution in [0.3, 0.4) is 0 Å². The van der Waals surface area contributed by atoms with Gasteiger partial charge >= 0.3 is 0 Å². The molecule has 0 radical (unpaired) electrons. The van der Waals surface area contributed by atoms with Crippen molar-refractivity contribution in [3.63, 3.8) is 0 Å². The molecule has 1 saturated heterocycles. The van der Waals surface area contributed by atoms with E-state index in [1.807, 2.05) is 19.9 Å². The Morgan fingerprint density at radius 3 is 2.84 bits per heavy atom. The minimum atomic E-state index is 0.0856. The molecule has 0 bridgehead atoms. The molecule has 130 valence electrons. The van der Waals surface area contributed by atoms with Gasteiger partial charge in [-0.3, -0.25) is 4.79 Å². The van der Waals surface area contributed by atoms with E-state index in [0.717, 1.165) is 53.7 Å². The van der Waals surface area contributed by atoms with Crippen molar-refractivity contribution in [3.8, 4) is 0 Å². The van der Waals surface area contributed by atoms with Gasteiger partial charge in [0.15, 0.2) is 5.65 Å². The molecule has 1 amide bonds. The Labute approximate surface area is 145 Å². The monoisotopic (exact) mass is 338 g/mol. The zero-order valence-electron chi connectivity index (χ0n) is 14.5. The Morgan fingerprint density at radius 2 is 2.08 bits per heavy atom. The quantitative estimate of drug-likeness (QED) is 0.765. The molecular formula is C18H22N6O.